The summed E-state index contributed by atoms with van der Waals surface area (Å²) < 4.78 is 0.949. The fraction of sp³-hybridized carbons (Fsp3) is 0.214. The maximum Gasteiger partial charge on any atom is 0.0725 e. The summed E-state index contributed by atoms with van der Waals surface area (Å²) in [5, 5.41) is 0. The average molecular weight is 306 g/mol. The van der Waals surface area contributed by atoms with Crippen molar-refractivity contribution in [3.8, 4) is 0 Å². The number of benzene rings is 1. The molecule has 4 heteroatoms. The van der Waals surface area contributed by atoms with E-state index in [1.165, 1.54) is 11.1 Å². The number of halogens is 1. The number of aryl methyl sites for hydroxylation is 2. The number of pyridine rings is 1. The summed E-state index contributed by atoms with van der Waals surface area (Å²) in [7, 11) is 0. The van der Waals surface area contributed by atoms with E-state index in [0.29, 0.717) is 0 Å². The maximum absolute atomic E-state index is 5.69. The molecule has 0 aliphatic heterocycles. The van der Waals surface area contributed by atoms with E-state index in [1.807, 2.05) is 12.3 Å². The third-order valence-corrected chi connectivity index (χ3v) is 3.24. The second-order valence-electron chi connectivity index (χ2n) is 4.46. The number of aromatic nitrogens is 1. The van der Waals surface area contributed by atoms with E-state index in [-0.39, 0.29) is 6.04 Å². The molecule has 94 valence electrons. The van der Waals surface area contributed by atoms with Crippen LogP contribution in [0.15, 0.2) is 41.1 Å². The molecule has 3 N–H and O–H groups in total. The zero-order chi connectivity index (χ0) is 13.1. The van der Waals surface area contributed by atoms with Crippen LogP contribution in [0, 0.1) is 13.8 Å². The molecule has 0 saturated heterocycles. The number of hydrazine groups is 1. The molecule has 0 radical (unpaired) electrons. The number of hydrogen-bond acceptors (Lipinski definition) is 3. The van der Waals surface area contributed by atoms with Gasteiger partial charge in [0.25, 0.3) is 0 Å². The molecule has 1 heterocycles. The number of nitrogens with zero attached hydrogens (tertiary/aromatic N) is 1. The number of nitrogens with two attached hydrogens (primary N) is 1. The van der Waals surface area contributed by atoms with Crippen LogP contribution >= 0.6 is 15.9 Å². The largest absolute Gasteiger partial charge is 0.271 e. The molecule has 0 aliphatic rings. The van der Waals surface area contributed by atoms with Crippen molar-refractivity contribution in [3.63, 3.8) is 0 Å². The lowest BCUT2D eigenvalue weighted by molar-refractivity contribution is 0.633. The summed E-state index contributed by atoms with van der Waals surface area (Å²) in [6.07, 6.45) is 3.59. The van der Waals surface area contributed by atoms with E-state index in [9.17, 15) is 0 Å². The Morgan fingerprint density at radius 1 is 1.06 bits per heavy atom. The molecular weight excluding hydrogens is 290 g/mol. The quantitative estimate of drug-likeness (QED) is 0.677. The molecular formula is C14H16BrN3. The van der Waals surface area contributed by atoms with Crippen molar-refractivity contribution in [1.82, 2.24) is 10.4 Å². The third-order valence-electron chi connectivity index (χ3n) is 2.80. The summed E-state index contributed by atoms with van der Waals surface area (Å²) in [5.41, 5.74) is 7.50. The Balaban J connectivity index is 2.45. The first-order valence-corrected chi connectivity index (χ1v) is 6.54. The van der Waals surface area contributed by atoms with Gasteiger partial charge in [0.2, 0.25) is 0 Å². The van der Waals surface area contributed by atoms with Gasteiger partial charge in [0, 0.05) is 16.9 Å². The van der Waals surface area contributed by atoms with Crippen LogP contribution < -0.4 is 11.3 Å². The molecule has 18 heavy (non-hydrogen) atoms. The molecule has 1 aromatic carbocycles. The molecule has 2 rings (SSSR count). The Morgan fingerprint density at radius 3 is 2.28 bits per heavy atom. The first-order valence-electron chi connectivity index (χ1n) is 5.75. The number of hydrogen-bond donors (Lipinski definition) is 2. The van der Waals surface area contributed by atoms with Gasteiger partial charge < -0.3 is 0 Å². The second-order valence-corrected chi connectivity index (χ2v) is 5.37. The van der Waals surface area contributed by atoms with Crippen molar-refractivity contribution in [2.75, 3.05) is 0 Å². The summed E-state index contributed by atoms with van der Waals surface area (Å²) >= 11 is 3.43. The standard InChI is InChI=1S/C14H16BrN3/c1-9-3-10(2)5-11(4-9)14(18-16)12-6-13(15)8-17-7-12/h3-8,14,18H,16H2,1-2H3. The molecule has 1 unspecified atom stereocenters. The summed E-state index contributed by atoms with van der Waals surface area (Å²) in [5.74, 6) is 5.69. The molecule has 0 amide bonds. The highest BCUT2D eigenvalue weighted by Crippen LogP contribution is 2.24. The minimum absolute atomic E-state index is 0.0476. The highest BCUT2D eigenvalue weighted by Gasteiger charge is 2.13. The van der Waals surface area contributed by atoms with E-state index in [2.05, 4.69) is 58.4 Å². The van der Waals surface area contributed by atoms with Crippen molar-refractivity contribution in [3.05, 3.63) is 63.4 Å². The van der Waals surface area contributed by atoms with Gasteiger partial charge in [-0.15, -0.1) is 0 Å². The van der Waals surface area contributed by atoms with Gasteiger partial charge >= 0.3 is 0 Å². The first kappa shape index (κ1) is 13.2. The van der Waals surface area contributed by atoms with Crippen molar-refractivity contribution < 1.29 is 0 Å². The molecule has 3 nitrogen and oxygen atoms in total. The lowest BCUT2D eigenvalue weighted by Crippen LogP contribution is -2.29. The highest BCUT2D eigenvalue weighted by atomic mass is 79.9. The van der Waals surface area contributed by atoms with Gasteiger partial charge in [-0.05, 0) is 47.0 Å². The van der Waals surface area contributed by atoms with E-state index in [4.69, 9.17) is 5.84 Å². The summed E-state index contributed by atoms with van der Waals surface area (Å²) in [6.45, 7) is 4.17. The maximum atomic E-state index is 5.69. The molecule has 0 fully saturated rings. The van der Waals surface area contributed by atoms with Crippen LogP contribution in [0.3, 0.4) is 0 Å². The van der Waals surface area contributed by atoms with E-state index in [1.54, 1.807) is 6.20 Å². The van der Waals surface area contributed by atoms with Crippen LogP contribution in [-0.2, 0) is 0 Å². The second kappa shape index (κ2) is 5.61. The molecule has 0 spiro atoms. The first-order chi connectivity index (χ1) is 8.60. The van der Waals surface area contributed by atoms with Gasteiger partial charge in [-0.25, -0.2) is 5.43 Å². The lowest BCUT2D eigenvalue weighted by atomic mass is 9.97. The van der Waals surface area contributed by atoms with Crippen LogP contribution in [0.1, 0.15) is 28.3 Å². The molecule has 1 aromatic heterocycles. The van der Waals surface area contributed by atoms with Gasteiger partial charge in [-0.1, -0.05) is 29.3 Å². The fourth-order valence-electron chi connectivity index (χ4n) is 2.15. The fourth-order valence-corrected chi connectivity index (χ4v) is 2.53. The Labute approximate surface area is 116 Å². The monoisotopic (exact) mass is 305 g/mol. The van der Waals surface area contributed by atoms with Crippen molar-refractivity contribution >= 4 is 15.9 Å². The average Bonchev–Trinajstić information content (AvgIpc) is 2.28. The van der Waals surface area contributed by atoms with Gasteiger partial charge in [0.15, 0.2) is 0 Å². The van der Waals surface area contributed by atoms with Crippen LogP contribution in [0.2, 0.25) is 0 Å². The topological polar surface area (TPSA) is 50.9 Å². The Kier molecular flexibility index (Phi) is 4.11. The third kappa shape index (κ3) is 2.96. The summed E-state index contributed by atoms with van der Waals surface area (Å²) in [6, 6.07) is 8.40. The predicted octanol–water partition coefficient (Wildman–Crippen LogP) is 3.01. The molecule has 1 atom stereocenters. The Hall–Kier alpha value is -1.23. The Morgan fingerprint density at radius 2 is 1.72 bits per heavy atom. The zero-order valence-electron chi connectivity index (χ0n) is 10.4. The predicted molar refractivity (Wildman–Crippen MR) is 77.0 cm³/mol. The number of nitrogens with one attached hydrogen (secondary N) is 1. The van der Waals surface area contributed by atoms with Gasteiger partial charge in [-0.3, -0.25) is 10.8 Å². The smallest absolute Gasteiger partial charge is 0.0725 e. The molecule has 2 aromatic rings. The lowest BCUT2D eigenvalue weighted by Gasteiger charge is -2.18. The van der Waals surface area contributed by atoms with Crippen molar-refractivity contribution in [1.29, 1.82) is 0 Å². The van der Waals surface area contributed by atoms with Crippen LogP contribution in [0.4, 0.5) is 0 Å². The van der Waals surface area contributed by atoms with E-state index >= 15 is 0 Å². The van der Waals surface area contributed by atoms with Crippen LogP contribution in [-0.4, -0.2) is 4.98 Å². The normalized spacial score (nSPS) is 12.4. The Bertz CT molecular complexity index is 534. The van der Waals surface area contributed by atoms with Gasteiger partial charge in [0.1, 0.15) is 0 Å². The SMILES string of the molecule is Cc1cc(C)cc(C(NN)c2cncc(Br)c2)c1. The van der Waals surface area contributed by atoms with Crippen molar-refractivity contribution in [2.24, 2.45) is 5.84 Å². The van der Waals surface area contributed by atoms with Crippen LogP contribution in [0.25, 0.3) is 0 Å². The molecule has 0 saturated carbocycles. The van der Waals surface area contributed by atoms with E-state index < -0.39 is 0 Å². The minimum Gasteiger partial charge on any atom is -0.271 e. The zero-order valence-corrected chi connectivity index (χ0v) is 12.0. The van der Waals surface area contributed by atoms with Gasteiger partial charge in [0.05, 0.1) is 6.04 Å². The van der Waals surface area contributed by atoms with Crippen LogP contribution in [0.5, 0.6) is 0 Å². The molecule has 0 aliphatic carbocycles. The minimum atomic E-state index is -0.0476. The number of rotatable bonds is 3. The molecule has 0 bridgehead atoms. The van der Waals surface area contributed by atoms with Gasteiger partial charge in [-0.2, -0.15) is 0 Å². The van der Waals surface area contributed by atoms with Crippen molar-refractivity contribution in [2.45, 2.75) is 19.9 Å². The summed E-state index contributed by atoms with van der Waals surface area (Å²) in [4.78, 5) is 4.18. The van der Waals surface area contributed by atoms with E-state index in [0.717, 1.165) is 15.6 Å². The highest BCUT2D eigenvalue weighted by molar-refractivity contribution is 9.10.